The summed E-state index contributed by atoms with van der Waals surface area (Å²) in [5, 5.41) is 2.90. The van der Waals surface area contributed by atoms with Gasteiger partial charge in [0, 0.05) is 5.92 Å². The van der Waals surface area contributed by atoms with Crippen LogP contribution in [0.1, 0.15) is 36.8 Å². The summed E-state index contributed by atoms with van der Waals surface area (Å²) in [6.45, 7) is 0. The number of hydrogen-bond donors (Lipinski definition) is 0. The van der Waals surface area contributed by atoms with E-state index in [1.165, 1.54) is 32.6 Å². The Hall–Kier alpha value is -1.97. The second-order valence-corrected chi connectivity index (χ2v) is 14.1. The molecule has 0 spiro atoms. The minimum absolute atomic E-state index is 0.0926. The van der Waals surface area contributed by atoms with Crippen molar-refractivity contribution < 1.29 is 25.6 Å². The van der Waals surface area contributed by atoms with E-state index in [4.69, 9.17) is 22.8 Å². The number of halogens is 2. The van der Waals surface area contributed by atoms with Gasteiger partial charge in [0.2, 0.25) is 0 Å². The molecule has 37 heavy (non-hydrogen) atoms. The van der Waals surface area contributed by atoms with E-state index in [0.29, 0.717) is 0 Å². The van der Waals surface area contributed by atoms with Gasteiger partial charge in [-0.2, -0.15) is 29.8 Å². The number of carbonyl (C=O) groups excluding carboxylic acids is 1. The van der Waals surface area contributed by atoms with Crippen LogP contribution in [-0.2, 0) is 32.1 Å². The van der Waals surface area contributed by atoms with Crippen molar-refractivity contribution in [1.82, 2.24) is 0 Å². The molecule has 4 aromatic rings. The Kier molecular flexibility index (Phi) is 13.4. The average molecular weight is 623 g/mol. The Bertz CT molecular complexity index is 1140. The first-order chi connectivity index (χ1) is 18.1. The van der Waals surface area contributed by atoms with Gasteiger partial charge in [-0.1, -0.05) is 119 Å². The molecular formula is C31H30Cl2NOSiZr. The number of amides is 1. The van der Waals surface area contributed by atoms with Gasteiger partial charge >= 0.3 is 37.9 Å². The molecule has 1 radical (unpaired) electrons. The summed E-state index contributed by atoms with van der Waals surface area (Å²) in [5.74, 6) is -0.266. The van der Waals surface area contributed by atoms with E-state index >= 15 is 0 Å². The minimum Gasteiger partial charge on any atom is -0.668 e. The maximum absolute atomic E-state index is 10.3. The molecule has 1 N–H and O–H groups in total. The van der Waals surface area contributed by atoms with Gasteiger partial charge in [0.15, 0.2) is 0 Å². The van der Waals surface area contributed by atoms with Crippen LogP contribution in [0.5, 0.6) is 0 Å². The van der Waals surface area contributed by atoms with Gasteiger partial charge in [-0.25, -0.2) is 0 Å². The molecule has 1 amide bonds. The van der Waals surface area contributed by atoms with E-state index in [-0.39, 0.29) is 21.3 Å². The van der Waals surface area contributed by atoms with Crippen LogP contribution in [0.25, 0.3) is 16.9 Å². The second kappa shape index (κ2) is 16.8. The van der Waals surface area contributed by atoms with Crippen molar-refractivity contribution in [1.29, 1.82) is 0 Å². The maximum atomic E-state index is 10.3. The van der Waals surface area contributed by atoms with Crippen molar-refractivity contribution in [3.8, 4) is 11.1 Å². The molecule has 2 aliphatic carbocycles. The minimum atomic E-state index is -0.826. The zero-order valence-electron chi connectivity index (χ0n) is 20.7. The number of benzene rings is 4. The molecule has 0 unspecified atom stereocenters. The fourth-order valence-electron chi connectivity index (χ4n) is 4.48. The molecule has 0 aromatic heterocycles. The third kappa shape index (κ3) is 10.0. The monoisotopic (exact) mass is 620 g/mol. The van der Waals surface area contributed by atoms with E-state index < -0.39 is 20.8 Å². The van der Waals surface area contributed by atoms with Gasteiger partial charge in [0.25, 0.3) is 0 Å². The normalized spacial score (nSPS) is 12.7. The molecule has 0 heterocycles. The molecule has 187 valence electrons. The second-order valence-electron chi connectivity index (χ2n) is 8.78. The Balaban J connectivity index is 0.000000150. The molecule has 0 bridgehead atoms. The first-order valence-electron chi connectivity index (χ1n) is 12.4. The predicted octanol–water partition coefficient (Wildman–Crippen LogP) is 7.26. The van der Waals surface area contributed by atoms with E-state index in [1.807, 2.05) is 6.07 Å². The van der Waals surface area contributed by atoms with Crippen molar-refractivity contribution in [2.45, 2.75) is 32.1 Å². The van der Waals surface area contributed by atoms with Crippen molar-refractivity contribution in [3.63, 3.8) is 0 Å². The number of rotatable bonds is 3. The average Bonchev–Trinajstić information content (AvgIpc) is 3.60. The van der Waals surface area contributed by atoms with Crippen molar-refractivity contribution in [2.75, 3.05) is 0 Å². The molecule has 2 nitrogen and oxygen atoms in total. The Labute approximate surface area is 242 Å². The van der Waals surface area contributed by atoms with E-state index in [0.717, 1.165) is 32.1 Å². The van der Waals surface area contributed by atoms with Gasteiger partial charge in [-0.05, 0) is 19.3 Å². The smallest absolute Gasteiger partial charge is 0.103 e. The van der Waals surface area contributed by atoms with Crippen LogP contribution < -0.4 is 10.4 Å². The fourth-order valence-corrected chi connectivity index (χ4v) is 5.69. The van der Waals surface area contributed by atoms with Gasteiger partial charge in [0.05, 0.1) is 5.91 Å². The summed E-state index contributed by atoms with van der Waals surface area (Å²) in [4.78, 5) is 10.3. The summed E-state index contributed by atoms with van der Waals surface area (Å²) < 4.78 is 0. The number of carbonyl (C=O) groups is 1. The third-order valence-corrected chi connectivity index (χ3v) is 7.71. The zero-order chi connectivity index (χ0) is 26.3. The molecule has 4 aromatic carbocycles. The molecule has 6 heteroatoms. The third-order valence-electron chi connectivity index (χ3n) is 6.28. The van der Waals surface area contributed by atoms with E-state index in [2.05, 4.69) is 103 Å². The largest absolute Gasteiger partial charge is 0.668 e. The van der Waals surface area contributed by atoms with Gasteiger partial charge in [-0.3, -0.25) is 0 Å². The fraction of sp³-hybridized carbons (Fsp3) is 0.194. The Morgan fingerprint density at radius 2 is 1.30 bits per heavy atom. The van der Waals surface area contributed by atoms with Crippen LogP contribution in [0, 0.1) is 12.0 Å². The molecule has 1 saturated carbocycles. The Morgan fingerprint density at radius 3 is 1.84 bits per heavy atom. The summed E-state index contributed by atoms with van der Waals surface area (Å²) >= 11 is -0.826. The SMILES string of the molecule is [Cl][Zr+2][Cl].[NH-]C(=O)C1CCCC1.[c-]1cccc2c1Cc1ccccc1-2.c1ccc([SiH]c2ccccc2)cc1. The van der Waals surface area contributed by atoms with Crippen LogP contribution in [0.15, 0.2) is 103 Å². The van der Waals surface area contributed by atoms with Crippen molar-refractivity contribution in [3.05, 3.63) is 126 Å². The summed E-state index contributed by atoms with van der Waals surface area (Å²) in [6, 6.07) is 39.4. The number of hydrogen-bond acceptors (Lipinski definition) is 1. The predicted molar refractivity (Wildman–Crippen MR) is 156 cm³/mol. The van der Waals surface area contributed by atoms with Crippen LogP contribution in [-0.4, -0.2) is 15.4 Å². The van der Waals surface area contributed by atoms with Gasteiger partial charge < -0.3 is 10.5 Å². The molecule has 0 aliphatic heterocycles. The van der Waals surface area contributed by atoms with E-state index in [1.54, 1.807) is 0 Å². The molecule has 0 atom stereocenters. The zero-order valence-corrected chi connectivity index (χ0v) is 25.8. The number of nitrogens with one attached hydrogen (secondary N) is 1. The summed E-state index contributed by atoms with van der Waals surface area (Å²) in [5.41, 5.74) is 12.2. The maximum Gasteiger partial charge on any atom is 0.103 e. The standard InChI is InChI=1S/C13H9.C12H11Si.C6H11NO.2ClH.Zr/c1-3-7-12-10(5-1)9-11-6-2-4-8-13(11)12;1-3-7-11(8-4-1)13-12-9-5-2-6-10-12;7-6(8)5-3-1-2-4-5;;;/h1-5,7-8H,9H2;1-10,13H;5H,1-4H2,(H2,7,8);2*1H;/q-1;;;;;+4/p-3. The first kappa shape index (κ1) is 29.6. The van der Waals surface area contributed by atoms with Crippen molar-refractivity contribution in [2.24, 2.45) is 5.92 Å². The summed E-state index contributed by atoms with van der Waals surface area (Å²) in [6.07, 6.45) is 5.27. The van der Waals surface area contributed by atoms with Crippen LogP contribution in [0.4, 0.5) is 0 Å². The number of fused-ring (bicyclic) bond motifs is 3. The molecule has 6 rings (SSSR count). The Morgan fingerprint density at radius 1 is 0.784 bits per heavy atom. The van der Waals surface area contributed by atoms with Gasteiger partial charge in [0.1, 0.15) is 9.52 Å². The topological polar surface area (TPSA) is 40.9 Å². The van der Waals surface area contributed by atoms with Crippen LogP contribution in [0.2, 0.25) is 0 Å². The quantitative estimate of drug-likeness (QED) is 0.154. The van der Waals surface area contributed by atoms with E-state index in [9.17, 15) is 4.79 Å². The first-order valence-corrected chi connectivity index (χ1v) is 19.8. The van der Waals surface area contributed by atoms with Gasteiger partial charge in [-0.15, -0.1) is 5.56 Å². The van der Waals surface area contributed by atoms with Crippen molar-refractivity contribution >= 4 is 42.8 Å². The molecule has 2 aliphatic rings. The van der Waals surface area contributed by atoms with Crippen LogP contribution in [0.3, 0.4) is 0 Å². The molecule has 1 fully saturated rings. The molecular weight excluding hydrogens is 593 g/mol. The van der Waals surface area contributed by atoms with Crippen LogP contribution >= 0.6 is 17.0 Å². The summed E-state index contributed by atoms with van der Waals surface area (Å²) in [7, 11) is 10.1. The molecule has 0 saturated heterocycles.